The lowest BCUT2D eigenvalue weighted by molar-refractivity contribution is 0.208. The molecule has 0 aliphatic carbocycles. The van der Waals surface area contributed by atoms with Crippen molar-refractivity contribution in [3.8, 4) is 0 Å². The Hall–Kier alpha value is -3.08. The highest BCUT2D eigenvalue weighted by Gasteiger charge is 2.23. The minimum Gasteiger partial charge on any atom is -0.366 e. The third-order valence-corrected chi connectivity index (χ3v) is 5.23. The Morgan fingerprint density at radius 2 is 1.59 bits per heavy atom. The van der Waals surface area contributed by atoms with E-state index in [2.05, 4.69) is 39.5 Å². The molecule has 0 atom stereocenters. The largest absolute Gasteiger partial charge is 0.366 e. The highest BCUT2D eigenvalue weighted by molar-refractivity contribution is 5.92. The van der Waals surface area contributed by atoms with Gasteiger partial charge in [-0.15, -0.1) is 0 Å². The molecule has 0 spiro atoms. The molecule has 5 nitrogen and oxygen atoms in total. The summed E-state index contributed by atoms with van der Waals surface area (Å²) < 4.78 is 0. The number of fused-ring (bicyclic) bond motifs is 1. The molecule has 1 fully saturated rings. The number of anilines is 2. The quantitative estimate of drug-likeness (QED) is 0.745. The first-order chi connectivity index (χ1) is 13.1. The molecule has 1 N–H and O–H groups in total. The predicted molar refractivity (Wildman–Crippen MR) is 110 cm³/mol. The molecule has 0 bridgehead atoms. The number of hydrogen-bond donors (Lipinski definition) is 1. The van der Waals surface area contributed by atoms with Gasteiger partial charge in [-0.3, -0.25) is 4.98 Å². The summed E-state index contributed by atoms with van der Waals surface area (Å²) >= 11 is 0. The van der Waals surface area contributed by atoms with Gasteiger partial charge in [0.25, 0.3) is 0 Å². The van der Waals surface area contributed by atoms with E-state index in [0.29, 0.717) is 13.1 Å². The van der Waals surface area contributed by atoms with Crippen LogP contribution in [-0.4, -0.2) is 42.1 Å². The lowest BCUT2D eigenvalue weighted by Gasteiger charge is -2.36. The van der Waals surface area contributed by atoms with Gasteiger partial charge in [0.2, 0.25) is 0 Å². The van der Waals surface area contributed by atoms with Crippen molar-refractivity contribution >= 4 is 28.3 Å². The van der Waals surface area contributed by atoms with Gasteiger partial charge in [0.15, 0.2) is 0 Å². The first-order valence-corrected chi connectivity index (χ1v) is 9.34. The van der Waals surface area contributed by atoms with Gasteiger partial charge in [0.05, 0.1) is 11.2 Å². The molecule has 2 amide bonds. The highest BCUT2D eigenvalue weighted by atomic mass is 16.2. The number of nitrogens with one attached hydrogen (secondary N) is 1. The molecule has 1 aliphatic rings. The average molecular weight is 360 g/mol. The van der Waals surface area contributed by atoms with Gasteiger partial charge in [-0.25, -0.2) is 4.79 Å². The van der Waals surface area contributed by atoms with E-state index < -0.39 is 0 Å². The highest BCUT2D eigenvalue weighted by Crippen LogP contribution is 2.26. The summed E-state index contributed by atoms with van der Waals surface area (Å²) in [6, 6.07) is 16.3. The average Bonchev–Trinajstić information content (AvgIpc) is 2.70. The van der Waals surface area contributed by atoms with Crippen molar-refractivity contribution in [2.24, 2.45) is 0 Å². The number of carbonyl (C=O) groups is 1. The maximum atomic E-state index is 12.7. The van der Waals surface area contributed by atoms with Crippen LogP contribution in [0.15, 0.2) is 54.7 Å². The molecule has 1 saturated heterocycles. The number of hydrogen-bond acceptors (Lipinski definition) is 3. The number of rotatable bonds is 2. The van der Waals surface area contributed by atoms with Crippen LogP contribution in [0.1, 0.15) is 11.1 Å². The summed E-state index contributed by atoms with van der Waals surface area (Å²) in [4.78, 5) is 21.5. The van der Waals surface area contributed by atoms with E-state index in [9.17, 15) is 4.79 Å². The van der Waals surface area contributed by atoms with E-state index >= 15 is 0 Å². The second kappa shape index (κ2) is 7.27. The van der Waals surface area contributed by atoms with Crippen molar-refractivity contribution in [1.29, 1.82) is 0 Å². The number of aromatic nitrogens is 1. The van der Waals surface area contributed by atoms with Crippen LogP contribution in [0, 0.1) is 13.8 Å². The van der Waals surface area contributed by atoms with E-state index in [1.54, 1.807) is 0 Å². The zero-order valence-corrected chi connectivity index (χ0v) is 15.8. The fraction of sp³-hybridized carbons (Fsp3) is 0.273. The van der Waals surface area contributed by atoms with Crippen molar-refractivity contribution in [2.75, 3.05) is 36.4 Å². The predicted octanol–water partition coefficient (Wildman–Crippen LogP) is 4.21. The molecular weight excluding hydrogens is 336 g/mol. The van der Waals surface area contributed by atoms with Gasteiger partial charge in [-0.05, 0) is 37.1 Å². The molecule has 1 aromatic heterocycles. The SMILES string of the molecule is Cc1cccc(C)c1NC(=O)N1CCN(c2cccc3cccnc23)CC1. The first kappa shape index (κ1) is 17.3. The second-order valence-corrected chi connectivity index (χ2v) is 7.02. The van der Waals surface area contributed by atoms with E-state index in [1.807, 2.05) is 49.2 Å². The summed E-state index contributed by atoms with van der Waals surface area (Å²) in [7, 11) is 0. The number of carbonyl (C=O) groups excluding carboxylic acids is 1. The molecule has 2 aromatic carbocycles. The van der Waals surface area contributed by atoms with Crippen LogP contribution in [0.4, 0.5) is 16.2 Å². The Bertz CT molecular complexity index is 951. The van der Waals surface area contributed by atoms with Gasteiger partial charge in [-0.1, -0.05) is 36.4 Å². The number of urea groups is 1. The van der Waals surface area contributed by atoms with E-state index in [1.165, 1.54) is 0 Å². The van der Waals surface area contributed by atoms with Crippen LogP contribution in [-0.2, 0) is 0 Å². The van der Waals surface area contributed by atoms with Crippen molar-refractivity contribution in [3.05, 3.63) is 65.9 Å². The van der Waals surface area contributed by atoms with Crippen LogP contribution in [0.2, 0.25) is 0 Å². The Morgan fingerprint density at radius 3 is 2.33 bits per heavy atom. The van der Waals surface area contributed by atoms with Gasteiger partial charge >= 0.3 is 6.03 Å². The maximum Gasteiger partial charge on any atom is 0.321 e. The Labute approximate surface area is 159 Å². The molecular formula is C22H24N4O. The van der Waals surface area contributed by atoms with Gasteiger partial charge in [-0.2, -0.15) is 0 Å². The minimum absolute atomic E-state index is 0.0249. The lowest BCUT2D eigenvalue weighted by atomic mass is 10.1. The molecule has 0 saturated carbocycles. The Kier molecular flexibility index (Phi) is 4.67. The van der Waals surface area contributed by atoms with Crippen LogP contribution in [0.3, 0.4) is 0 Å². The summed E-state index contributed by atoms with van der Waals surface area (Å²) in [6.07, 6.45) is 1.83. The van der Waals surface area contributed by atoms with Crippen LogP contribution < -0.4 is 10.2 Å². The number of aryl methyl sites for hydroxylation is 2. The zero-order valence-electron chi connectivity index (χ0n) is 15.8. The second-order valence-electron chi connectivity index (χ2n) is 7.02. The molecule has 1 aliphatic heterocycles. The number of amides is 2. The van der Waals surface area contributed by atoms with E-state index in [0.717, 1.165) is 46.5 Å². The molecule has 5 heteroatoms. The standard InChI is InChI=1S/C22H24N4O/c1-16-6-3-7-17(2)20(16)24-22(27)26-14-12-25(13-15-26)19-10-4-8-18-9-5-11-23-21(18)19/h3-11H,12-15H2,1-2H3,(H,24,27). The fourth-order valence-corrected chi connectivity index (χ4v) is 3.69. The smallest absolute Gasteiger partial charge is 0.321 e. The van der Waals surface area contributed by atoms with Crippen LogP contribution >= 0.6 is 0 Å². The monoisotopic (exact) mass is 360 g/mol. The summed E-state index contributed by atoms with van der Waals surface area (Å²) in [5.74, 6) is 0. The van der Waals surface area contributed by atoms with Crippen molar-refractivity contribution < 1.29 is 4.79 Å². The number of para-hydroxylation sites is 2. The summed E-state index contributed by atoms with van der Waals surface area (Å²) in [5.41, 5.74) is 5.26. The molecule has 4 rings (SSSR count). The van der Waals surface area contributed by atoms with Gasteiger partial charge < -0.3 is 15.1 Å². The summed E-state index contributed by atoms with van der Waals surface area (Å²) in [6.45, 7) is 7.04. The van der Waals surface area contributed by atoms with Gasteiger partial charge in [0.1, 0.15) is 0 Å². The number of nitrogens with zero attached hydrogens (tertiary/aromatic N) is 3. The number of piperazine rings is 1. The van der Waals surface area contributed by atoms with E-state index in [-0.39, 0.29) is 6.03 Å². The molecule has 138 valence electrons. The molecule has 27 heavy (non-hydrogen) atoms. The minimum atomic E-state index is -0.0249. The van der Waals surface area contributed by atoms with Crippen LogP contribution in [0.25, 0.3) is 10.9 Å². The van der Waals surface area contributed by atoms with Crippen molar-refractivity contribution in [2.45, 2.75) is 13.8 Å². The maximum absolute atomic E-state index is 12.7. The molecule has 0 radical (unpaired) electrons. The van der Waals surface area contributed by atoms with Gasteiger partial charge in [0, 0.05) is 43.4 Å². The topological polar surface area (TPSA) is 48.5 Å². The molecule has 3 aromatic rings. The Balaban J connectivity index is 1.45. The lowest BCUT2D eigenvalue weighted by Crippen LogP contribution is -2.50. The molecule has 2 heterocycles. The zero-order chi connectivity index (χ0) is 18.8. The fourth-order valence-electron chi connectivity index (χ4n) is 3.69. The Morgan fingerprint density at radius 1 is 0.926 bits per heavy atom. The van der Waals surface area contributed by atoms with Crippen molar-refractivity contribution in [1.82, 2.24) is 9.88 Å². The van der Waals surface area contributed by atoms with Crippen LogP contribution in [0.5, 0.6) is 0 Å². The first-order valence-electron chi connectivity index (χ1n) is 9.34. The van der Waals surface area contributed by atoms with E-state index in [4.69, 9.17) is 0 Å². The normalized spacial score (nSPS) is 14.4. The third-order valence-electron chi connectivity index (χ3n) is 5.23. The number of pyridine rings is 1. The third kappa shape index (κ3) is 3.45. The van der Waals surface area contributed by atoms with Crippen molar-refractivity contribution in [3.63, 3.8) is 0 Å². The number of benzene rings is 2. The molecule has 0 unspecified atom stereocenters. The summed E-state index contributed by atoms with van der Waals surface area (Å²) in [5, 5.41) is 4.23.